The fraction of sp³-hybridized carbons (Fsp3) is 0.389. The highest BCUT2D eigenvalue weighted by Crippen LogP contribution is 2.24. The second-order valence-electron chi connectivity index (χ2n) is 6.16. The molecule has 0 saturated heterocycles. The molecule has 0 aliphatic heterocycles. The highest BCUT2D eigenvalue weighted by Gasteiger charge is 2.16. The van der Waals surface area contributed by atoms with Crippen molar-refractivity contribution in [3.63, 3.8) is 0 Å². The Kier molecular flexibility index (Phi) is 5.11. The van der Waals surface area contributed by atoms with Crippen LogP contribution in [0.25, 0.3) is 0 Å². The first kappa shape index (κ1) is 17.1. The Hall–Kier alpha value is -2.70. The van der Waals surface area contributed by atoms with Gasteiger partial charge < -0.3 is 4.74 Å². The van der Waals surface area contributed by atoms with Crippen LogP contribution >= 0.6 is 0 Å². The zero-order valence-corrected chi connectivity index (χ0v) is 14.3. The Morgan fingerprint density at radius 3 is 2.64 bits per heavy atom. The highest BCUT2D eigenvalue weighted by atomic mass is 19.1. The van der Waals surface area contributed by atoms with Gasteiger partial charge in [0.2, 0.25) is 5.95 Å². The Morgan fingerprint density at radius 1 is 1.36 bits per heavy atom. The molecule has 0 atom stereocenters. The standard InChI is InChI=1S/C18H21FN4O2/c1-12-16(17(19)23(2)22-12)11-20-21-18(24)13-7-9-15(10-8-13)25-14-5-3-4-6-14/h7-11,14H,3-6H2,1-2H3,(H,21,24)/b20-11-. The molecule has 132 valence electrons. The molecule has 0 spiro atoms. The van der Waals surface area contributed by atoms with Crippen LogP contribution < -0.4 is 10.2 Å². The number of hydrazone groups is 1. The Labute approximate surface area is 145 Å². The van der Waals surface area contributed by atoms with Gasteiger partial charge in [0.05, 0.1) is 23.6 Å². The smallest absolute Gasteiger partial charge is 0.271 e. The van der Waals surface area contributed by atoms with E-state index in [-0.39, 0.29) is 17.6 Å². The molecule has 1 aromatic carbocycles. The lowest BCUT2D eigenvalue weighted by molar-refractivity contribution is 0.0955. The van der Waals surface area contributed by atoms with Crippen LogP contribution in [0.4, 0.5) is 4.39 Å². The number of halogens is 1. The molecule has 1 amide bonds. The molecule has 0 radical (unpaired) electrons. The molecule has 1 aliphatic carbocycles. The predicted molar refractivity (Wildman–Crippen MR) is 92.3 cm³/mol. The van der Waals surface area contributed by atoms with E-state index >= 15 is 0 Å². The van der Waals surface area contributed by atoms with E-state index in [1.165, 1.54) is 26.1 Å². The van der Waals surface area contributed by atoms with E-state index < -0.39 is 5.95 Å². The zero-order chi connectivity index (χ0) is 17.8. The zero-order valence-electron chi connectivity index (χ0n) is 14.3. The largest absolute Gasteiger partial charge is 0.490 e. The van der Waals surface area contributed by atoms with Crippen molar-refractivity contribution in [2.45, 2.75) is 38.7 Å². The molecule has 3 rings (SSSR count). The third-order valence-corrected chi connectivity index (χ3v) is 4.28. The molecule has 2 aromatic rings. The van der Waals surface area contributed by atoms with E-state index in [1.54, 1.807) is 31.2 Å². The molecule has 0 unspecified atom stereocenters. The van der Waals surface area contributed by atoms with Gasteiger partial charge in [0.1, 0.15) is 5.75 Å². The van der Waals surface area contributed by atoms with Gasteiger partial charge in [-0.1, -0.05) is 0 Å². The first-order valence-electron chi connectivity index (χ1n) is 8.34. The highest BCUT2D eigenvalue weighted by molar-refractivity contribution is 5.95. The van der Waals surface area contributed by atoms with Crippen LogP contribution in [-0.2, 0) is 7.05 Å². The lowest BCUT2D eigenvalue weighted by atomic mass is 10.2. The summed E-state index contributed by atoms with van der Waals surface area (Å²) in [6.07, 6.45) is 6.12. The number of aromatic nitrogens is 2. The first-order chi connectivity index (χ1) is 12.0. The van der Waals surface area contributed by atoms with E-state index in [9.17, 15) is 9.18 Å². The van der Waals surface area contributed by atoms with Crippen LogP contribution in [0.3, 0.4) is 0 Å². The molecular weight excluding hydrogens is 323 g/mol. The van der Waals surface area contributed by atoms with Crippen molar-refractivity contribution in [2.75, 3.05) is 0 Å². The van der Waals surface area contributed by atoms with E-state index in [0.717, 1.165) is 23.3 Å². The van der Waals surface area contributed by atoms with Gasteiger partial charge >= 0.3 is 0 Å². The van der Waals surface area contributed by atoms with Crippen LogP contribution in [-0.4, -0.2) is 28.0 Å². The second kappa shape index (κ2) is 7.46. The van der Waals surface area contributed by atoms with Gasteiger partial charge in [0.15, 0.2) is 0 Å². The lowest BCUT2D eigenvalue weighted by Crippen LogP contribution is -2.18. The van der Waals surface area contributed by atoms with E-state index in [2.05, 4.69) is 15.6 Å². The first-order valence-corrected chi connectivity index (χ1v) is 8.34. The summed E-state index contributed by atoms with van der Waals surface area (Å²) >= 11 is 0. The number of aryl methyl sites for hydroxylation is 2. The minimum atomic E-state index is -0.496. The summed E-state index contributed by atoms with van der Waals surface area (Å²) in [5.41, 5.74) is 3.61. The number of nitrogens with zero attached hydrogens (tertiary/aromatic N) is 3. The van der Waals surface area contributed by atoms with Gasteiger partial charge in [-0.3, -0.25) is 4.79 Å². The number of rotatable bonds is 5. The molecule has 7 heteroatoms. The summed E-state index contributed by atoms with van der Waals surface area (Å²) in [5, 5.41) is 7.75. The van der Waals surface area contributed by atoms with Crippen molar-refractivity contribution in [3.05, 3.63) is 47.0 Å². The number of carbonyl (C=O) groups is 1. The summed E-state index contributed by atoms with van der Waals surface area (Å²) < 4.78 is 20.8. The molecule has 1 N–H and O–H groups in total. The minimum Gasteiger partial charge on any atom is -0.490 e. The summed E-state index contributed by atoms with van der Waals surface area (Å²) in [4.78, 5) is 12.1. The Bertz CT molecular complexity index is 777. The second-order valence-corrected chi connectivity index (χ2v) is 6.16. The van der Waals surface area contributed by atoms with E-state index in [0.29, 0.717) is 11.3 Å². The van der Waals surface area contributed by atoms with Crippen molar-refractivity contribution in [1.82, 2.24) is 15.2 Å². The van der Waals surface area contributed by atoms with Gasteiger partial charge in [-0.2, -0.15) is 14.6 Å². The molecular formula is C18H21FN4O2. The predicted octanol–water partition coefficient (Wildman–Crippen LogP) is 2.95. The fourth-order valence-electron chi connectivity index (χ4n) is 2.90. The van der Waals surface area contributed by atoms with Crippen LogP contribution in [0.2, 0.25) is 0 Å². The van der Waals surface area contributed by atoms with Crippen LogP contribution in [0.5, 0.6) is 5.75 Å². The van der Waals surface area contributed by atoms with Gasteiger partial charge in [0, 0.05) is 12.6 Å². The van der Waals surface area contributed by atoms with Gasteiger partial charge in [-0.05, 0) is 56.9 Å². The molecule has 0 bridgehead atoms. The van der Waals surface area contributed by atoms with E-state index in [1.807, 2.05) is 0 Å². The van der Waals surface area contributed by atoms with Gasteiger partial charge in [-0.25, -0.2) is 10.1 Å². The molecule has 25 heavy (non-hydrogen) atoms. The molecule has 1 saturated carbocycles. The van der Waals surface area contributed by atoms with Gasteiger partial charge in [-0.15, -0.1) is 0 Å². The van der Waals surface area contributed by atoms with Crippen LogP contribution in [0.1, 0.15) is 47.3 Å². The molecule has 1 aromatic heterocycles. The van der Waals surface area contributed by atoms with E-state index in [4.69, 9.17) is 4.74 Å². The Balaban J connectivity index is 1.58. The topological polar surface area (TPSA) is 68.5 Å². The number of ether oxygens (including phenoxy) is 1. The molecule has 1 aliphatic rings. The number of carbonyl (C=O) groups excluding carboxylic acids is 1. The fourth-order valence-corrected chi connectivity index (χ4v) is 2.90. The maximum Gasteiger partial charge on any atom is 0.271 e. The van der Waals surface area contributed by atoms with Crippen molar-refractivity contribution in [1.29, 1.82) is 0 Å². The number of hydrogen-bond donors (Lipinski definition) is 1. The molecule has 1 fully saturated rings. The summed E-state index contributed by atoms with van der Waals surface area (Å²) in [5.74, 6) is -0.102. The third-order valence-electron chi connectivity index (χ3n) is 4.28. The maximum absolute atomic E-state index is 13.8. The minimum absolute atomic E-state index is 0.253. The lowest BCUT2D eigenvalue weighted by Gasteiger charge is -2.12. The van der Waals surface area contributed by atoms with Crippen molar-refractivity contribution < 1.29 is 13.9 Å². The number of benzene rings is 1. The summed E-state index contributed by atoms with van der Waals surface area (Å²) in [6, 6.07) is 6.93. The quantitative estimate of drug-likeness (QED) is 0.670. The normalized spacial score (nSPS) is 15.0. The average Bonchev–Trinajstić information content (AvgIpc) is 3.19. The number of hydrogen-bond acceptors (Lipinski definition) is 4. The van der Waals surface area contributed by atoms with Crippen molar-refractivity contribution in [2.24, 2.45) is 12.1 Å². The molecule has 1 heterocycles. The maximum atomic E-state index is 13.8. The number of amides is 1. The van der Waals surface area contributed by atoms with Crippen molar-refractivity contribution in [3.8, 4) is 5.75 Å². The molecule has 6 nitrogen and oxygen atoms in total. The monoisotopic (exact) mass is 344 g/mol. The SMILES string of the molecule is Cc1nn(C)c(F)c1/C=N\NC(=O)c1ccc(OC2CCCC2)cc1. The van der Waals surface area contributed by atoms with Gasteiger partial charge in [0.25, 0.3) is 5.91 Å². The Morgan fingerprint density at radius 2 is 2.04 bits per heavy atom. The van der Waals surface area contributed by atoms with Crippen LogP contribution in [0, 0.1) is 12.9 Å². The summed E-state index contributed by atoms with van der Waals surface area (Å²) in [6.45, 7) is 1.68. The number of nitrogens with one attached hydrogen (secondary N) is 1. The average molecular weight is 344 g/mol. The summed E-state index contributed by atoms with van der Waals surface area (Å²) in [7, 11) is 1.51. The van der Waals surface area contributed by atoms with Crippen molar-refractivity contribution >= 4 is 12.1 Å². The third kappa shape index (κ3) is 4.04. The van der Waals surface area contributed by atoms with Crippen LogP contribution in [0.15, 0.2) is 29.4 Å².